The minimum Gasteiger partial charge on any atom is -0.462 e. The molecule has 2 rings (SSSR count). The quantitative estimate of drug-likeness (QED) is 0.826. The lowest BCUT2D eigenvalue weighted by Gasteiger charge is -2.01. The van der Waals surface area contributed by atoms with Gasteiger partial charge in [0.1, 0.15) is 24.7 Å². The van der Waals surface area contributed by atoms with Crippen LogP contribution in [-0.4, -0.2) is 14.9 Å². The van der Waals surface area contributed by atoms with Gasteiger partial charge in [0, 0.05) is 6.07 Å². The number of hydrogen-bond acceptors (Lipinski definition) is 4. The van der Waals surface area contributed by atoms with E-state index >= 15 is 0 Å². The topological polar surface area (TPSA) is 68.3 Å². The van der Waals surface area contributed by atoms with Gasteiger partial charge in [-0.1, -0.05) is 0 Å². The predicted octanol–water partition coefficient (Wildman–Crippen LogP) is 0.685. The van der Waals surface area contributed by atoms with Crippen molar-refractivity contribution >= 4 is 0 Å². The minimum absolute atomic E-state index is 0.143. The van der Waals surface area contributed by atoms with E-state index in [2.05, 4.69) is 5.10 Å². The van der Waals surface area contributed by atoms with Crippen molar-refractivity contribution < 1.29 is 9.52 Å². The second-order valence-electron chi connectivity index (χ2n) is 3.55. The maximum atomic E-state index is 11.5. The number of furan rings is 1. The van der Waals surface area contributed by atoms with Crippen molar-refractivity contribution in [1.82, 2.24) is 9.78 Å². The number of aliphatic hydroxyl groups excluding tert-OH is 1. The van der Waals surface area contributed by atoms with E-state index in [4.69, 9.17) is 9.52 Å². The molecule has 0 atom stereocenters. The molecule has 0 bridgehead atoms. The zero-order valence-corrected chi connectivity index (χ0v) is 8.88. The number of aromatic nitrogens is 2. The van der Waals surface area contributed by atoms with E-state index in [1.807, 2.05) is 6.92 Å². The fraction of sp³-hybridized carbons (Fsp3) is 0.273. The Balaban J connectivity index is 2.23. The summed E-state index contributed by atoms with van der Waals surface area (Å²) in [4.78, 5) is 11.5. The normalized spacial score (nSPS) is 10.6. The Labute approximate surface area is 92.0 Å². The maximum Gasteiger partial charge on any atom is 0.267 e. The molecule has 2 heterocycles. The standard InChI is InChI=1S/C11H12N2O3/c1-8-4-11(15)13(12-5-8)6-9-2-3-10(7-14)16-9/h2-5,14H,6-7H2,1H3. The molecule has 0 aliphatic heterocycles. The van der Waals surface area contributed by atoms with Gasteiger partial charge in [-0.15, -0.1) is 0 Å². The van der Waals surface area contributed by atoms with E-state index in [1.165, 1.54) is 10.7 Å². The van der Waals surface area contributed by atoms with Crippen LogP contribution in [0.25, 0.3) is 0 Å². The van der Waals surface area contributed by atoms with Gasteiger partial charge in [-0.2, -0.15) is 5.10 Å². The van der Waals surface area contributed by atoms with Crippen molar-refractivity contribution in [3.8, 4) is 0 Å². The van der Waals surface area contributed by atoms with Crippen molar-refractivity contribution in [1.29, 1.82) is 0 Å². The largest absolute Gasteiger partial charge is 0.462 e. The van der Waals surface area contributed by atoms with E-state index in [0.717, 1.165) is 5.56 Å². The second kappa shape index (κ2) is 4.32. The zero-order chi connectivity index (χ0) is 11.5. The molecule has 0 unspecified atom stereocenters. The van der Waals surface area contributed by atoms with Gasteiger partial charge in [0.25, 0.3) is 5.56 Å². The van der Waals surface area contributed by atoms with Crippen LogP contribution in [-0.2, 0) is 13.2 Å². The summed E-state index contributed by atoms with van der Waals surface area (Å²) in [6.45, 7) is 1.95. The predicted molar refractivity (Wildman–Crippen MR) is 57.0 cm³/mol. The first-order valence-corrected chi connectivity index (χ1v) is 4.91. The summed E-state index contributed by atoms with van der Waals surface area (Å²) in [6, 6.07) is 4.91. The average molecular weight is 220 g/mol. The Kier molecular flexibility index (Phi) is 2.87. The molecule has 0 aliphatic carbocycles. The monoisotopic (exact) mass is 220 g/mol. The molecule has 84 valence electrons. The van der Waals surface area contributed by atoms with E-state index in [9.17, 15) is 4.79 Å². The first-order chi connectivity index (χ1) is 7.69. The Morgan fingerprint density at radius 1 is 1.44 bits per heavy atom. The van der Waals surface area contributed by atoms with E-state index in [-0.39, 0.29) is 18.7 Å². The first-order valence-electron chi connectivity index (χ1n) is 4.91. The molecule has 5 nitrogen and oxygen atoms in total. The van der Waals surface area contributed by atoms with Gasteiger partial charge < -0.3 is 9.52 Å². The van der Waals surface area contributed by atoms with Gasteiger partial charge >= 0.3 is 0 Å². The third-order valence-electron chi connectivity index (χ3n) is 2.19. The molecule has 0 saturated heterocycles. The highest BCUT2D eigenvalue weighted by atomic mass is 16.4. The van der Waals surface area contributed by atoms with Crippen molar-refractivity contribution in [2.45, 2.75) is 20.1 Å². The van der Waals surface area contributed by atoms with Crippen LogP contribution < -0.4 is 5.56 Å². The Morgan fingerprint density at radius 3 is 2.81 bits per heavy atom. The molecule has 0 radical (unpaired) electrons. The number of nitrogens with zero attached hydrogens (tertiary/aromatic N) is 2. The molecule has 1 N–H and O–H groups in total. The number of aryl methyl sites for hydroxylation is 1. The first kappa shape index (κ1) is 10.6. The zero-order valence-electron chi connectivity index (χ0n) is 8.88. The highest BCUT2D eigenvalue weighted by Crippen LogP contribution is 2.08. The molecular formula is C11H12N2O3. The molecule has 0 fully saturated rings. The molecule has 5 heteroatoms. The van der Waals surface area contributed by atoms with Gasteiger partial charge in [0.15, 0.2) is 0 Å². The van der Waals surface area contributed by atoms with Crippen LogP contribution in [0.1, 0.15) is 17.1 Å². The molecular weight excluding hydrogens is 208 g/mol. The number of aliphatic hydroxyl groups is 1. The molecule has 0 aromatic carbocycles. The van der Waals surface area contributed by atoms with Crippen LogP contribution >= 0.6 is 0 Å². The number of rotatable bonds is 3. The van der Waals surface area contributed by atoms with Crippen molar-refractivity contribution in [3.05, 3.63) is 51.8 Å². The van der Waals surface area contributed by atoms with Crippen LogP contribution in [0.5, 0.6) is 0 Å². The molecule has 0 amide bonds. The SMILES string of the molecule is Cc1cnn(Cc2ccc(CO)o2)c(=O)c1. The fourth-order valence-electron chi connectivity index (χ4n) is 1.38. The lowest BCUT2D eigenvalue weighted by Crippen LogP contribution is -2.22. The Hall–Kier alpha value is -1.88. The van der Waals surface area contributed by atoms with E-state index < -0.39 is 0 Å². The summed E-state index contributed by atoms with van der Waals surface area (Å²) < 4.78 is 6.58. The second-order valence-corrected chi connectivity index (χ2v) is 3.55. The summed E-state index contributed by atoms with van der Waals surface area (Å²) in [7, 11) is 0. The van der Waals surface area contributed by atoms with E-state index in [0.29, 0.717) is 11.5 Å². The van der Waals surface area contributed by atoms with Crippen molar-refractivity contribution in [3.63, 3.8) is 0 Å². The maximum absolute atomic E-state index is 11.5. The Bertz CT molecular complexity index is 542. The van der Waals surface area contributed by atoms with Crippen LogP contribution in [0, 0.1) is 6.92 Å². The van der Waals surface area contributed by atoms with Gasteiger partial charge in [-0.3, -0.25) is 4.79 Å². The average Bonchev–Trinajstić information content (AvgIpc) is 2.70. The Morgan fingerprint density at radius 2 is 2.19 bits per heavy atom. The van der Waals surface area contributed by atoms with Gasteiger partial charge in [0.05, 0.1) is 6.20 Å². The van der Waals surface area contributed by atoms with Gasteiger partial charge in [-0.25, -0.2) is 4.68 Å². The van der Waals surface area contributed by atoms with Crippen LogP contribution in [0.2, 0.25) is 0 Å². The molecule has 16 heavy (non-hydrogen) atoms. The highest BCUT2D eigenvalue weighted by Gasteiger charge is 2.04. The van der Waals surface area contributed by atoms with E-state index in [1.54, 1.807) is 18.3 Å². The lowest BCUT2D eigenvalue weighted by atomic mass is 10.3. The molecule has 0 aliphatic rings. The highest BCUT2D eigenvalue weighted by molar-refractivity contribution is 5.08. The van der Waals surface area contributed by atoms with Gasteiger partial charge in [0.2, 0.25) is 0 Å². The fourth-order valence-corrected chi connectivity index (χ4v) is 1.38. The summed E-state index contributed by atoms with van der Waals surface area (Å²) >= 11 is 0. The smallest absolute Gasteiger partial charge is 0.267 e. The van der Waals surface area contributed by atoms with Crippen molar-refractivity contribution in [2.75, 3.05) is 0 Å². The van der Waals surface area contributed by atoms with Crippen LogP contribution in [0.15, 0.2) is 33.6 Å². The minimum atomic E-state index is -0.165. The molecule has 0 saturated carbocycles. The molecule has 0 spiro atoms. The summed E-state index contributed by atoms with van der Waals surface area (Å²) in [6.07, 6.45) is 1.62. The summed E-state index contributed by atoms with van der Waals surface area (Å²) in [5, 5.41) is 12.8. The summed E-state index contributed by atoms with van der Waals surface area (Å²) in [5.41, 5.74) is 0.665. The number of hydrogen-bond donors (Lipinski definition) is 1. The third kappa shape index (κ3) is 2.20. The molecule has 2 aromatic heterocycles. The van der Waals surface area contributed by atoms with Gasteiger partial charge in [-0.05, 0) is 24.6 Å². The molecule has 2 aromatic rings. The van der Waals surface area contributed by atoms with Crippen LogP contribution in [0.3, 0.4) is 0 Å². The summed E-state index contributed by atoms with van der Waals surface area (Å²) in [5.74, 6) is 1.08. The third-order valence-corrected chi connectivity index (χ3v) is 2.19. The van der Waals surface area contributed by atoms with Crippen LogP contribution in [0.4, 0.5) is 0 Å². The lowest BCUT2D eigenvalue weighted by molar-refractivity contribution is 0.242. The van der Waals surface area contributed by atoms with Crippen molar-refractivity contribution in [2.24, 2.45) is 0 Å².